The summed E-state index contributed by atoms with van der Waals surface area (Å²) in [5.74, 6) is 1.25. The van der Waals surface area contributed by atoms with Gasteiger partial charge in [0, 0.05) is 23.8 Å². The Labute approximate surface area is 98.0 Å². The zero-order valence-corrected chi connectivity index (χ0v) is 10.6. The molecule has 0 bridgehead atoms. The van der Waals surface area contributed by atoms with E-state index >= 15 is 0 Å². The van der Waals surface area contributed by atoms with E-state index in [9.17, 15) is 0 Å². The van der Waals surface area contributed by atoms with E-state index < -0.39 is 0 Å². The molecule has 1 aliphatic carbocycles. The summed E-state index contributed by atoms with van der Waals surface area (Å²) in [7, 11) is 0. The van der Waals surface area contributed by atoms with Crippen LogP contribution in [0, 0.1) is 11.8 Å². The van der Waals surface area contributed by atoms with Gasteiger partial charge in [0.15, 0.2) is 0 Å². The van der Waals surface area contributed by atoms with E-state index in [2.05, 4.69) is 32.1 Å². The first-order valence-corrected chi connectivity index (χ1v) is 6.39. The molecule has 1 saturated carbocycles. The molecule has 0 radical (unpaired) electrons. The summed E-state index contributed by atoms with van der Waals surface area (Å²) in [6.45, 7) is 7.62. The highest BCUT2D eigenvalue weighted by atomic mass is 15.3. The van der Waals surface area contributed by atoms with Crippen molar-refractivity contribution in [2.24, 2.45) is 17.6 Å². The summed E-state index contributed by atoms with van der Waals surface area (Å²) in [4.78, 5) is 0. The summed E-state index contributed by atoms with van der Waals surface area (Å²) in [5, 5.41) is 4.35. The summed E-state index contributed by atoms with van der Waals surface area (Å²) >= 11 is 0. The van der Waals surface area contributed by atoms with Crippen LogP contribution in [0.1, 0.15) is 45.6 Å². The maximum Gasteiger partial charge on any atom is 0.0540 e. The number of rotatable bonds is 2. The quantitative estimate of drug-likeness (QED) is 0.834. The van der Waals surface area contributed by atoms with E-state index in [-0.39, 0.29) is 5.54 Å². The molecule has 16 heavy (non-hydrogen) atoms. The van der Waals surface area contributed by atoms with Gasteiger partial charge in [-0.1, -0.05) is 26.7 Å². The number of aryl methyl sites for hydroxylation is 1. The highest BCUT2D eigenvalue weighted by Crippen LogP contribution is 2.42. The van der Waals surface area contributed by atoms with Crippen LogP contribution in [0.5, 0.6) is 0 Å². The Morgan fingerprint density at radius 3 is 2.94 bits per heavy atom. The van der Waals surface area contributed by atoms with Crippen LogP contribution < -0.4 is 5.73 Å². The maximum absolute atomic E-state index is 6.63. The topological polar surface area (TPSA) is 43.8 Å². The highest BCUT2D eigenvalue weighted by Gasteiger charge is 2.40. The molecule has 2 N–H and O–H groups in total. The van der Waals surface area contributed by atoms with Crippen molar-refractivity contribution in [3.8, 4) is 0 Å². The minimum atomic E-state index is -0.162. The molecule has 3 nitrogen and oxygen atoms in total. The molecule has 3 atom stereocenters. The third-order valence-corrected chi connectivity index (χ3v) is 4.41. The lowest BCUT2D eigenvalue weighted by Crippen LogP contribution is -2.47. The first-order chi connectivity index (χ1) is 7.58. The van der Waals surface area contributed by atoms with E-state index in [0.29, 0.717) is 11.8 Å². The Morgan fingerprint density at radius 1 is 1.56 bits per heavy atom. The lowest BCUT2D eigenvalue weighted by atomic mass is 9.66. The predicted molar refractivity (Wildman–Crippen MR) is 65.9 cm³/mol. The molecule has 0 amide bonds. The number of nitrogens with zero attached hydrogens (tertiary/aromatic N) is 2. The zero-order valence-electron chi connectivity index (χ0n) is 10.6. The molecular formula is C13H23N3. The molecule has 1 aromatic rings. The van der Waals surface area contributed by atoms with Gasteiger partial charge < -0.3 is 5.73 Å². The first-order valence-electron chi connectivity index (χ1n) is 6.39. The van der Waals surface area contributed by atoms with E-state index in [0.717, 1.165) is 13.0 Å². The molecule has 0 aliphatic heterocycles. The van der Waals surface area contributed by atoms with Crippen LogP contribution in [0.3, 0.4) is 0 Å². The van der Waals surface area contributed by atoms with Crippen LogP contribution in [-0.4, -0.2) is 9.78 Å². The fourth-order valence-electron chi connectivity index (χ4n) is 2.89. The Balaban J connectivity index is 2.29. The fraction of sp³-hybridized carbons (Fsp3) is 0.769. The molecule has 0 aromatic carbocycles. The predicted octanol–water partition coefficient (Wildman–Crippen LogP) is 2.51. The Morgan fingerprint density at radius 2 is 2.31 bits per heavy atom. The SMILES string of the molecule is CCn1cc(C2(N)CCCC(C)C2C)cn1. The van der Waals surface area contributed by atoms with Crippen LogP contribution in [0.4, 0.5) is 0 Å². The van der Waals surface area contributed by atoms with Crippen molar-refractivity contribution in [2.45, 2.75) is 52.1 Å². The Bertz CT molecular complexity index is 358. The fourth-order valence-corrected chi connectivity index (χ4v) is 2.89. The van der Waals surface area contributed by atoms with Crippen LogP contribution in [0.15, 0.2) is 12.4 Å². The second-order valence-electron chi connectivity index (χ2n) is 5.28. The minimum Gasteiger partial charge on any atom is -0.321 e. The van der Waals surface area contributed by atoms with Gasteiger partial charge >= 0.3 is 0 Å². The average molecular weight is 221 g/mol. The van der Waals surface area contributed by atoms with Crippen LogP contribution in [0.2, 0.25) is 0 Å². The maximum atomic E-state index is 6.63. The number of hydrogen-bond donors (Lipinski definition) is 1. The average Bonchev–Trinajstić information content (AvgIpc) is 2.75. The molecule has 3 heteroatoms. The molecular weight excluding hydrogens is 198 g/mol. The number of aromatic nitrogens is 2. The minimum absolute atomic E-state index is 0.162. The van der Waals surface area contributed by atoms with Crippen LogP contribution in [-0.2, 0) is 12.1 Å². The summed E-state index contributed by atoms with van der Waals surface area (Å²) in [6, 6.07) is 0. The van der Waals surface area contributed by atoms with Gasteiger partial charge in [0.2, 0.25) is 0 Å². The molecule has 1 heterocycles. The second-order valence-corrected chi connectivity index (χ2v) is 5.28. The lowest BCUT2D eigenvalue weighted by Gasteiger charge is -2.42. The Hall–Kier alpha value is -0.830. The van der Waals surface area contributed by atoms with Gasteiger partial charge in [0.1, 0.15) is 0 Å². The molecule has 0 saturated heterocycles. The van der Waals surface area contributed by atoms with Crippen molar-refractivity contribution in [3.05, 3.63) is 18.0 Å². The largest absolute Gasteiger partial charge is 0.321 e. The van der Waals surface area contributed by atoms with E-state index in [1.165, 1.54) is 18.4 Å². The number of nitrogens with two attached hydrogens (primary N) is 1. The van der Waals surface area contributed by atoms with Gasteiger partial charge in [-0.2, -0.15) is 5.10 Å². The smallest absolute Gasteiger partial charge is 0.0540 e. The van der Waals surface area contributed by atoms with Gasteiger partial charge in [-0.05, 0) is 25.2 Å². The number of hydrogen-bond acceptors (Lipinski definition) is 2. The molecule has 1 fully saturated rings. The van der Waals surface area contributed by atoms with Gasteiger partial charge in [-0.25, -0.2) is 0 Å². The molecule has 3 unspecified atom stereocenters. The summed E-state index contributed by atoms with van der Waals surface area (Å²) < 4.78 is 1.97. The lowest BCUT2D eigenvalue weighted by molar-refractivity contribution is 0.143. The van der Waals surface area contributed by atoms with E-state index in [1.807, 2.05) is 10.9 Å². The summed E-state index contributed by atoms with van der Waals surface area (Å²) in [5.41, 5.74) is 7.68. The molecule has 1 aromatic heterocycles. The van der Waals surface area contributed by atoms with Crippen molar-refractivity contribution in [1.82, 2.24) is 9.78 Å². The van der Waals surface area contributed by atoms with Crippen molar-refractivity contribution >= 4 is 0 Å². The third kappa shape index (κ3) is 1.77. The van der Waals surface area contributed by atoms with Gasteiger partial charge in [0.05, 0.1) is 6.20 Å². The van der Waals surface area contributed by atoms with Crippen molar-refractivity contribution < 1.29 is 0 Å². The van der Waals surface area contributed by atoms with Crippen molar-refractivity contribution in [2.75, 3.05) is 0 Å². The molecule has 0 spiro atoms. The highest BCUT2D eigenvalue weighted by molar-refractivity contribution is 5.20. The molecule has 1 aliphatic rings. The van der Waals surface area contributed by atoms with Crippen LogP contribution >= 0.6 is 0 Å². The molecule has 90 valence electrons. The van der Waals surface area contributed by atoms with Crippen molar-refractivity contribution in [1.29, 1.82) is 0 Å². The normalized spacial score (nSPS) is 35.2. The summed E-state index contributed by atoms with van der Waals surface area (Å²) in [6.07, 6.45) is 7.71. The standard InChI is InChI=1S/C13H23N3/c1-4-16-9-12(8-15-16)13(14)7-5-6-10(2)11(13)3/h8-11H,4-7,14H2,1-3H3. The third-order valence-electron chi connectivity index (χ3n) is 4.41. The second kappa shape index (κ2) is 4.21. The Kier molecular flexibility index (Phi) is 3.06. The van der Waals surface area contributed by atoms with E-state index in [4.69, 9.17) is 5.73 Å². The van der Waals surface area contributed by atoms with Gasteiger partial charge in [-0.15, -0.1) is 0 Å². The van der Waals surface area contributed by atoms with Gasteiger partial charge in [0.25, 0.3) is 0 Å². The first kappa shape index (κ1) is 11.6. The van der Waals surface area contributed by atoms with Gasteiger partial charge in [-0.3, -0.25) is 4.68 Å². The van der Waals surface area contributed by atoms with E-state index in [1.54, 1.807) is 0 Å². The molecule has 2 rings (SSSR count). The monoisotopic (exact) mass is 221 g/mol. The van der Waals surface area contributed by atoms with Crippen molar-refractivity contribution in [3.63, 3.8) is 0 Å². The zero-order chi connectivity index (χ0) is 11.8. The van der Waals surface area contributed by atoms with Crippen LogP contribution in [0.25, 0.3) is 0 Å².